The standard InChI is InChI=1S/C18H18F2N4O5S/c1-28-17(27)12-5-3-9(29-12)7-30-18-23-14(21)13(16(26)24-18)22-15(25)8-2-4-10(19)11(20)6-8/h2-6,13-14,18,23H,7,21H2,1H3,(H,22,25)(H,24,26). The molecular formula is C18H18F2N4O5S. The van der Waals surface area contributed by atoms with Crippen molar-refractivity contribution in [1.82, 2.24) is 16.0 Å². The molecule has 12 heteroatoms. The van der Waals surface area contributed by atoms with Gasteiger partial charge in [-0.1, -0.05) is 0 Å². The molecule has 0 spiro atoms. The van der Waals surface area contributed by atoms with Crippen molar-refractivity contribution in [3.63, 3.8) is 0 Å². The maximum Gasteiger partial charge on any atom is 0.373 e. The summed E-state index contributed by atoms with van der Waals surface area (Å²) in [6.07, 6.45) is -0.937. The summed E-state index contributed by atoms with van der Waals surface area (Å²) in [6, 6.07) is 4.60. The van der Waals surface area contributed by atoms with Gasteiger partial charge in [-0.15, -0.1) is 11.8 Å². The summed E-state index contributed by atoms with van der Waals surface area (Å²) < 4.78 is 36.2. The Morgan fingerprint density at radius 1 is 1.27 bits per heavy atom. The summed E-state index contributed by atoms with van der Waals surface area (Å²) in [5.41, 5.74) is 5.22. The Balaban J connectivity index is 1.55. The number of halogens is 2. The highest BCUT2D eigenvalue weighted by Crippen LogP contribution is 2.20. The molecule has 9 nitrogen and oxygen atoms in total. The number of nitrogens with two attached hydrogens (primary N) is 1. The summed E-state index contributed by atoms with van der Waals surface area (Å²) >= 11 is 1.24. The van der Waals surface area contributed by atoms with E-state index in [1.165, 1.54) is 24.9 Å². The normalized spacial score (nSPS) is 21.1. The van der Waals surface area contributed by atoms with Crippen LogP contribution in [0.25, 0.3) is 0 Å². The number of hydrogen-bond donors (Lipinski definition) is 4. The second kappa shape index (κ2) is 9.24. The smallest absolute Gasteiger partial charge is 0.373 e. The quantitative estimate of drug-likeness (QED) is 0.481. The Hall–Kier alpha value is -2.96. The second-order valence-corrected chi connectivity index (χ2v) is 7.32. The molecule has 5 N–H and O–H groups in total. The van der Waals surface area contributed by atoms with Gasteiger partial charge in [0.2, 0.25) is 11.7 Å². The zero-order valence-corrected chi connectivity index (χ0v) is 16.4. The SMILES string of the molecule is COC(=O)c1ccc(CSC2NC(=O)C(NC(=O)c3ccc(F)c(F)c3)C(N)N2)o1. The third-order valence-corrected chi connectivity index (χ3v) is 5.21. The molecule has 2 amide bonds. The van der Waals surface area contributed by atoms with Crippen molar-refractivity contribution in [1.29, 1.82) is 0 Å². The lowest BCUT2D eigenvalue weighted by Gasteiger charge is -2.35. The number of carbonyl (C=O) groups is 3. The number of furan rings is 1. The van der Waals surface area contributed by atoms with Crippen LogP contribution in [0.4, 0.5) is 8.78 Å². The van der Waals surface area contributed by atoms with E-state index in [1.54, 1.807) is 6.07 Å². The highest BCUT2D eigenvalue weighted by Gasteiger charge is 2.35. The zero-order valence-electron chi connectivity index (χ0n) is 15.6. The molecule has 0 bridgehead atoms. The van der Waals surface area contributed by atoms with E-state index in [0.717, 1.165) is 18.2 Å². The molecule has 30 heavy (non-hydrogen) atoms. The number of benzene rings is 1. The van der Waals surface area contributed by atoms with Gasteiger partial charge in [-0.2, -0.15) is 0 Å². The third kappa shape index (κ3) is 4.96. The Labute approximate surface area is 173 Å². The van der Waals surface area contributed by atoms with Gasteiger partial charge in [0.1, 0.15) is 17.3 Å². The van der Waals surface area contributed by atoms with Gasteiger partial charge in [-0.05, 0) is 30.3 Å². The number of hydrogen-bond acceptors (Lipinski definition) is 8. The summed E-state index contributed by atoms with van der Waals surface area (Å²) in [5, 5.41) is 7.94. The lowest BCUT2D eigenvalue weighted by Crippen LogP contribution is -2.70. The Morgan fingerprint density at radius 3 is 2.70 bits per heavy atom. The van der Waals surface area contributed by atoms with Crippen LogP contribution in [0.3, 0.4) is 0 Å². The summed E-state index contributed by atoms with van der Waals surface area (Å²) in [5.74, 6) is -3.33. The average molecular weight is 440 g/mol. The Bertz CT molecular complexity index is 970. The van der Waals surface area contributed by atoms with Crippen molar-refractivity contribution in [3.05, 3.63) is 59.1 Å². The van der Waals surface area contributed by atoms with Crippen LogP contribution in [0, 0.1) is 11.6 Å². The number of carbonyl (C=O) groups excluding carboxylic acids is 3. The summed E-state index contributed by atoms with van der Waals surface area (Å²) in [4.78, 5) is 36.0. The number of esters is 1. The Kier molecular flexibility index (Phi) is 6.70. The summed E-state index contributed by atoms with van der Waals surface area (Å²) in [7, 11) is 1.24. The number of nitrogens with one attached hydrogen (secondary N) is 3. The number of ether oxygens (including phenoxy) is 1. The van der Waals surface area contributed by atoms with Gasteiger partial charge >= 0.3 is 5.97 Å². The predicted octanol–water partition coefficient (Wildman–Crippen LogP) is 0.664. The molecule has 3 rings (SSSR count). The number of methoxy groups -OCH3 is 1. The molecule has 1 aliphatic rings. The highest BCUT2D eigenvalue weighted by atomic mass is 32.2. The fraction of sp³-hybridized carbons (Fsp3) is 0.278. The monoisotopic (exact) mass is 440 g/mol. The maximum absolute atomic E-state index is 13.3. The van der Waals surface area contributed by atoms with Crippen molar-refractivity contribution in [2.75, 3.05) is 7.11 Å². The van der Waals surface area contributed by atoms with Gasteiger partial charge in [0.05, 0.1) is 19.0 Å². The molecule has 0 radical (unpaired) electrons. The molecule has 1 aromatic carbocycles. The lowest BCUT2D eigenvalue weighted by molar-refractivity contribution is -0.125. The lowest BCUT2D eigenvalue weighted by atomic mass is 10.1. The molecule has 2 heterocycles. The average Bonchev–Trinajstić information content (AvgIpc) is 3.19. The van der Waals surface area contributed by atoms with Crippen LogP contribution in [0.1, 0.15) is 26.7 Å². The van der Waals surface area contributed by atoms with Gasteiger partial charge in [-0.25, -0.2) is 13.6 Å². The van der Waals surface area contributed by atoms with E-state index in [4.69, 9.17) is 10.2 Å². The van der Waals surface area contributed by atoms with E-state index in [-0.39, 0.29) is 11.3 Å². The first-order valence-electron chi connectivity index (χ1n) is 8.65. The van der Waals surface area contributed by atoms with Gasteiger partial charge in [0.15, 0.2) is 11.6 Å². The topological polar surface area (TPSA) is 136 Å². The minimum atomic E-state index is -1.18. The first-order valence-corrected chi connectivity index (χ1v) is 9.70. The summed E-state index contributed by atoms with van der Waals surface area (Å²) in [6.45, 7) is 0. The molecule has 0 saturated carbocycles. The minimum absolute atomic E-state index is 0.0606. The fourth-order valence-corrected chi connectivity index (χ4v) is 3.57. The molecule has 1 saturated heterocycles. The van der Waals surface area contributed by atoms with Crippen LogP contribution in [-0.4, -0.2) is 42.6 Å². The number of rotatable bonds is 6. The first-order chi connectivity index (χ1) is 14.3. The molecular weight excluding hydrogens is 422 g/mol. The van der Waals surface area contributed by atoms with Gasteiger partial charge in [0.25, 0.3) is 5.91 Å². The van der Waals surface area contributed by atoms with Crippen LogP contribution in [0.2, 0.25) is 0 Å². The van der Waals surface area contributed by atoms with Gasteiger partial charge in [-0.3, -0.25) is 14.9 Å². The molecule has 0 aliphatic carbocycles. The fourth-order valence-electron chi connectivity index (χ4n) is 2.63. The largest absolute Gasteiger partial charge is 0.463 e. The molecule has 3 unspecified atom stereocenters. The molecule has 3 atom stereocenters. The van der Waals surface area contributed by atoms with Crippen LogP contribution in [-0.2, 0) is 15.3 Å². The van der Waals surface area contributed by atoms with E-state index in [1.807, 2.05) is 0 Å². The number of amides is 2. The van der Waals surface area contributed by atoms with Crippen LogP contribution < -0.4 is 21.7 Å². The van der Waals surface area contributed by atoms with Crippen LogP contribution in [0.5, 0.6) is 0 Å². The van der Waals surface area contributed by atoms with Crippen molar-refractivity contribution in [2.24, 2.45) is 5.73 Å². The highest BCUT2D eigenvalue weighted by molar-refractivity contribution is 7.99. The second-order valence-electron chi connectivity index (χ2n) is 6.23. The predicted molar refractivity (Wildman–Crippen MR) is 102 cm³/mol. The molecule has 1 aromatic heterocycles. The van der Waals surface area contributed by atoms with E-state index in [9.17, 15) is 23.2 Å². The van der Waals surface area contributed by atoms with Crippen molar-refractivity contribution in [2.45, 2.75) is 23.5 Å². The van der Waals surface area contributed by atoms with Crippen molar-refractivity contribution in [3.8, 4) is 0 Å². The third-order valence-electron chi connectivity index (χ3n) is 4.17. The zero-order chi connectivity index (χ0) is 21.8. The molecule has 2 aromatic rings. The van der Waals surface area contributed by atoms with E-state index in [0.29, 0.717) is 11.5 Å². The van der Waals surface area contributed by atoms with Crippen LogP contribution in [0.15, 0.2) is 34.7 Å². The molecule has 1 aliphatic heterocycles. The van der Waals surface area contributed by atoms with E-state index < -0.39 is 47.1 Å². The molecule has 160 valence electrons. The Morgan fingerprint density at radius 2 is 2.03 bits per heavy atom. The van der Waals surface area contributed by atoms with Crippen LogP contribution >= 0.6 is 11.8 Å². The maximum atomic E-state index is 13.3. The van der Waals surface area contributed by atoms with Gasteiger partial charge in [0, 0.05) is 5.56 Å². The van der Waals surface area contributed by atoms with E-state index >= 15 is 0 Å². The van der Waals surface area contributed by atoms with Crippen molar-refractivity contribution < 1.29 is 32.3 Å². The van der Waals surface area contributed by atoms with Gasteiger partial charge < -0.3 is 25.5 Å². The first kappa shape index (κ1) is 21.7. The van der Waals surface area contributed by atoms with E-state index in [2.05, 4.69) is 20.7 Å². The molecule has 1 fully saturated rings. The van der Waals surface area contributed by atoms with Crippen molar-refractivity contribution >= 4 is 29.5 Å². The minimum Gasteiger partial charge on any atom is -0.463 e. The number of thioether (sulfide) groups is 1.